The molecule has 0 bridgehead atoms. The molecule has 0 fully saturated rings. The maximum absolute atomic E-state index is 13.7. The first-order chi connectivity index (χ1) is 17.8. The van der Waals surface area contributed by atoms with Crippen LogP contribution in [0.3, 0.4) is 0 Å². The average molecular weight is 510 g/mol. The summed E-state index contributed by atoms with van der Waals surface area (Å²) in [4.78, 5) is 41.1. The van der Waals surface area contributed by atoms with Crippen molar-refractivity contribution in [2.24, 2.45) is 0 Å². The largest absolute Gasteiger partial charge is 0.493 e. The minimum absolute atomic E-state index is 0.121. The molecular formula is C28H31NO8. The lowest BCUT2D eigenvalue weighted by Gasteiger charge is -2.29. The zero-order valence-corrected chi connectivity index (χ0v) is 21.8. The van der Waals surface area contributed by atoms with E-state index in [1.165, 1.54) is 50.8 Å². The molecule has 37 heavy (non-hydrogen) atoms. The Balaban J connectivity index is 2.19. The van der Waals surface area contributed by atoms with E-state index in [1.54, 1.807) is 13.8 Å². The van der Waals surface area contributed by atoms with E-state index >= 15 is 0 Å². The van der Waals surface area contributed by atoms with E-state index in [2.05, 4.69) is 0 Å². The Morgan fingerprint density at radius 3 is 1.78 bits per heavy atom. The van der Waals surface area contributed by atoms with Crippen LogP contribution in [0.2, 0.25) is 0 Å². The lowest BCUT2D eigenvalue weighted by Crippen LogP contribution is -2.32. The number of benzene rings is 2. The molecular weight excluding hydrogens is 478 g/mol. The first-order valence-electron chi connectivity index (χ1n) is 11.8. The van der Waals surface area contributed by atoms with E-state index < -0.39 is 23.8 Å². The van der Waals surface area contributed by atoms with Crippen molar-refractivity contribution in [3.63, 3.8) is 0 Å². The third-order valence-corrected chi connectivity index (χ3v) is 5.72. The molecule has 2 aromatic rings. The predicted octanol–water partition coefficient (Wildman–Crippen LogP) is 4.15. The summed E-state index contributed by atoms with van der Waals surface area (Å²) in [5.41, 5.74) is 2.07. The van der Waals surface area contributed by atoms with Crippen molar-refractivity contribution < 1.29 is 38.1 Å². The van der Waals surface area contributed by atoms with Gasteiger partial charge in [0, 0.05) is 18.0 Å². The van der Waals surface area contributed by atoms with Crippen LogP contribution >= 0.6 is 0 Å². The van der Waals surface area contributed by atoms with Crippen LogP contribution in [0.1, 0.15) is 41.3 Å². The van der Waals surface area contributed by atoms with Crippen molar-refractivity contribution in [2.45, 2.75) is 26.7 Å². The first kappa shape index (κ1) is 27.3. The van der Waals surface area contributed by atoms with Gasteiger partial charge in [-0.1, -0.05) is 29.8 Å². The Morgan fingerprint density at radius 1 is 0.811 bits per heavy atom. The van der Waals surface area contributed by atoms with E-state index in [1.807, 2.05) is 31.2 Å². The van der Waals surface area contributed by atoms with Crippen molar-refractivity contribution in [1.82, 2.24) is 4.90 Å². The van der Waals surface area contributed by atoms with Crippen LogP contribution in [0.5, 0.6) is 17.2 Å². The summed E-state index contributed by atoms with van der Waals surface area (Å²) in [5.74, 6) is -1.73. The third-order valence-electron chi connectivity index (χ3n) is 5.72. The van der Waals surface area contributed by atoms with Gasteiger partial charge in [-0.2, -0.15) is 0 Å². The third kappa shape index (κ3) is 5.77. The van der Waals surface area contributed by atoms with Crippen LogP contribution in [0.15, 0.2) is 59.9 Å². The van der Waals surface area contributed by atoms with E-state index in [9.17, 15) is 14.4 Å². The highest BCUT2D eigenvalue weighted by molar-refractivity contribution is 6.03. The van der Waals surface area contributed by atoms with Crippen molar-refractivity contribution in [1.29, 1.82) is 0 Å². The zero-order valence-electron chi connectivity index (χ0n) is 21.8. The molecule has 2 aromatic carbocycles. The summed E-state index contributed by atoms with van der Waals surface area (Å²) in [6, 6.07) is 10.4. The van der Waals surface area contributed by atoms with E-state index in [4.69, 9.17) is 23.7 Å². The van der Waals surface area contributed by atoms with Crippen molar-refractivity contribution in [2.75, 3.05) is 34.5 Å². The van der Waals surface area contributed by atoms with Gasteiger partial charge < -0.3 is 23.7 Å². The number of hydrogen-bond acceptors (Lipinski definition) is 8. The number of nitrogens with zero attached hydrogens (tertiary/aromatic N) is 1. The van der Waals surface area contributed by atoms with Crippen LogP contribution in [-0.2, 0) is 19.1 Å². The standard InChI is InChI=1S/C28H31NO8/c1-7-36-27(31)20-15-29(26(30)19-13-22(33-4)25(35-6)23(14-19)34-5)16-21(28(32)37-8-2)24(20)18-11-9-10-17(3)12-18/h9-16,24H,7-8H2,1-6H3. The van der Waals surface area contributed by atoms with Gasteiger partial charge in [-0.15, -0.1) is 0 Å². The highest BCUT2D eigenvalue weighted by atomic mass is 16.5. The predicted molar refractivity (Wildman–Crippen MR) is 136 cm³/mol. The lowest BCUT2D eigenvalue weighted by molar-refractivity contribution is -0.139. The number of methoxy groups -OCH3 is 3. The van der Waals surface area contributed by atoms with Gasteiger partial charge in [-0.25, -0.2) is 9.59 Å². The molecule has 1 amide bonds. The molecule has 0 aliphatic carbocycles. The lowest BCUT2D eigenvalue weighted by atomic mass is 9.82. The smallest absolute Gasteiger partial charge is 0.336 e. The van der Waals surface area contributed by atoms with Crippen LogP contribution < -0.4 is 14.2 Å². The molecule has 196 valence electrons. The van der Waals surface area contributed by atoms with Gasteiger partial charge in [0.1, 0.15) is 0 Å². The zero-order chi connectivity index (χ0) is 27.1. The number of aryl methyl sites for hydroxylation is 1. The SMILES string of the molecule is CCOC(=O)C1=CN(C(=O)c2cc(OC)c(OC)c(OC)c2)C=C(C(=O)OCC)C1c1cccc(C)c1. The van der Waals surface area contributed by atoms with Crippen molar-refractivity contribution in [3.8, 4) is 17.2 Å². The summed E-state index contributed by atoms with van der Waals surface area (Å²) >= 11 is 0. The molecule has 9 nitrogen and oxygen atoms in total. The molecule has 0 saturated carbocycles. The Hall–Kier alpha value is -4.27. The van der Waals surface area contributed by atoms with Crippen LogP contribution in [-0.4, -0.2) is 57.3 Å². The van der Waals surface area contributed by atoms with E-state index in [-0.39, 0.29) is 41.4 Å². The minimum Gasteiger partial charge on any atom is -0.493 e. The van der Waals surface area contributed by atoms with E-state index in [0.717, 1.165) is 5.56 Å². The second kappa shape index (κ2) is 12.1. The van der Waals surface area contributed by atoms with Gasteiger partial charge in [0.15, 0.2) is 11.5 Å². The van der Waals surface area contributed by atoms with Gasteiger partial charge in [0.25, 0.3) is 5.91 Å². The molecule has 0 unspecified atom stereocenters. The Morgan fingerprint density at radius 2 is 1.35 bits per heavy atom. The number of ether oxygens (including phenoxy) is 5. The summed E-state index contributed by atoms with van der Waals surface area (Å²) in [5, 5.41) is 0. The van der Waals surface area contributed by atoms with Crippen molar-refractivity contribution in [3.05, 3.63) is 76.6 Å². The highest BCUT2D eigenvalue weighted by Gasteiger charge is 2.37. The Kier molecular flexibility index (Phi) is 8.95. The molecule has 0 saturated heterocycles. The van der Waals surface area contributed by atoms with Gasteiger partial charge in [0.05, 0.1) is 51.6 Å². The second-order valence-corrected chi connectivity index (χ2v) is 8.08. The van der Waals surface area contributed by atoms with Gasteiger partial charge in [-0.3, -0.25) is 9.69 Å². The fraction of sp³-hybridized carbons (Fsp3) is 0.321. The topological polar surface area (TPSA) is 101 Å². The number of hydrogen-bond donors (Lipinski definition) is 0. The average Bonchev–Trinajstić information content (AvgIpc) is 2.91. The number of carbonyl (C=O) groups is 3. The molecule has 1 aliphatic rings. The molecule has 0 spiro atoms. The number of rotatable bonds is 9. The summed E-state index contributed by atoms with van der Waals surface area (Å²) in [6.45, 7) is 5.52. The van der Waals surface area contributed by atoms with Gasteiger partial charge >= 0.3 is 11.9 Å². The van der Waals surface area contributed by atoms with Gasteiger partial charge in [-0.05, 0) is 38.5 Å². The quantitative estimate of drug-likeness (QED) is 0.465. The monoisotopic (exact) mass is 509 g/mol. The maximum atomic E-state index is 13.7. The van der Waals surface area contributed by atoms with Crippen LogP contribution in [0.4, 0.5) is 0 Å². The summed E-state index contributed by atoms with van der Waals surface area (Å²) < 4.78 is 26.7. The number of amides is 1. The van der Waals surface area contributed by atoms with E-state index in [0.29, 0.717) is 11.3 Å². The van der Waals surface area contributed by atoms with Gasteiger partial charge in [0.2, 0.25) is 5.75 Å². The fourth-order valence-electron chi connectivity index (χ4n) is 4.10. The molecule has 3 rings (SSSR count). The molecule has 0 N–H and O–H groups in total. The molecule has 0 aromatic heterocycles. The highest BCUT2D eigenvalue weighted by Crippen LogP contribution is 2.40. The molecule has 9 heteroatoms. The van der Waals surface area contributed by atoms with Crippen LogP contribution in [0, 0.1) is 6.92 Å². The summed E-state index contributed by atoms with van der Waals surface area (Å²) in [7, 11) is 4.34. The Bertz CT molecular complexity index is 1190. The molecule has 0 atom stereocenters. The maximum Gasteiger partial charge on any atom is 0.336 e. The molecule has 1 aliphatic heterocycles. The minimum atomic E-state index is -0.790. The first-order valence-corrected chi connectivity index (χ1v) is 11.8. The van der Waals surface area contributed by atoms with Crippen molar-refractivity contribution >= 4 is 17.8 Å². The number of carbonyl (C=O) groups excluding carboxylic acids is 3. The fourth-order valence-corrected chi connectivity index (χ4v) is 4.10. The van der Waals surface area contributed by atoms with Crippen LogP contribution in [0.25, 0.3) is 0 Å². The second-order valence-electron chi connectivity index (χ2n) is 8.08. The molecule has 0 radical (unpaired) electrons. The Labute approximate surface area is 216 Å². The summed E-state index contributed by atoms with van der Waals surface area (Å²) in [6.07, 6.45) is 2.78. The number of esters is 2. The normalized spacial score (nSPS) is 13.3. The molecule has 1 heterocycles.